The molecule has 0 heterocycles. The Hall–Kier alpha value is -1.36. The van der Waals surface area contributed by atoms with E-state index in [0.29, 0.717) is 19.4 Å². The second kappa shape index (κ2) is 57.0. The van der Waals surface area contributed by atoms with Crippen molar-refractivity contribution in [1.29, 1.82) is 0 Å². The zero-order valence-corrected chi connectivity index (χ0v) is 44.5. The highest BCUT2D eigenvalue weighted by Crippen LogP contribution is 2.17. The number of hydrogen-bond donors (Lipinski definition) is 0. The van der Waals surface area contributed by atoms with E-state index in [0.717, 1.165) is 38.5 Å². The molecular weight excluding hydrogens is 801 g/mol. The molecule has 1 atom stereocenters. The summed E-state index contributed by atoms with van der Waals surface area (Å²) in [7, 11) is 0. The largest absolute Gasteiger partial charge is 0.463 e. The number of hydrogen-bond acceptors (Lipinski definition) is 5. The number of allylic oxidation sites excluding steroid dienone is 2. The first kappa shape index (κ1) is 63.6. The van der Waals surface area contributed by atoms with Crippen molar-refractivity contribution < 1.29 is 23.8 Å². The van der Waals surface area contributed by atoms with E-state index in [2.05, 4.69) is 32.9 Å². The average molecular weight is 918 g/mol. The Morgan fingerprint density at radius 1 is 0.308 bits per heavy atom. The maximum atomic E-state index is 12.7. The fourth-order valence-corrected chi connectivity index (χ4v) is 9.07. The molecule has 65 heavy (non-hydrogen) atoms. The van der Waals surface area contributed by atoms with Gasteiger partial charge in [-0.3, -0.25) is 9.59 Å². The molecule has 0 N–H and O–H groups in total. The van der Waals surface area contributed by atoms with Crippen LogP contribution in [0.5, 0.6) is 0 Å². The molecular formula is C60H116O5. The molecule has 5 nitrogen and oxygen atoms in total. The molecule has 0 fully saturated rings. The smallest absolute Gasteiger partial charge is 0.305 e. The Kier molecular flexibility index (Phi) is 55.8. The van der Waals surface area contributed by atoms with Crippen LogP contribution in [0.1, 0.15) is 335 Å². The van der Waals surface area contributed by atoms with Crippen molar-refractivity contribution >= 4 is 11.9 Å². The Labute approximate surface area is 407 Å². The van der Waals surface area contributed by atoms with Crippen molar-refractivity contribution in [2.75, 3.05) is 19.8 Å². The van der Waals surface area contributed by atoms with E-state index < -0.39 is 6.10 Å². The topological polar surface area (TPSA) is 61.8 Å². The first-order valence-electron chi connectivity index (χ1n) is 29.7. The second-order valence-electron chi connectivity index (χ2n) is 20.3. The maximum Gasteiger partial charge on any atom is 0.305 e. The van der Waals surface area contributed by atoms with Crippen molar-refractivity contribution in [1.82, 2.24) is 0 Å². The average Bonchev–Trinajstić information content (AvgIpc) is 3.31. The molecule has 0 rings (SSSR count). The van der Waals surface area contributed by atoms with Crippen LogP contribution in [0.4, 0.5) is 0 Å². The lowest BCUT2D eigenvalue weighted by molar-refractivity contribution is -0.155. The standard InChI is InChI=1S/C60H116O5/c1-4-7-10-13-16-19-22-25-27-29-30-31-32-33-34-36-39-42-45-48-51-54-60(62)65-57-58(56-64-59(61)53-50-47-44-41-38-24-21-18-15-12-9-6-3)63-55-52-49-46-43-40-37-35-28-26-23-20-17-14-11-8-5-2/h25,27,58H,4-24,26,28-57H2,1-3H3/b27-25-/t58-/m0/s1. The van der Waals surface area contributed by atoms with E-state index in [-0.39, 0.29) is 25.2 Å². The lowest BCUT2D eigenvalue weighted by Crippen LogP contribution is -2.29. The van der Waals surface area contributed by atoms with Crippen molar-refractivity contribution in [3.8, 4) is 0 Å². The van der Waals surface area contributed by atoms with Gasteiger partial charge in [0.05, 0.1) is 0 Å². The van der Waals surface area contributed by atoms with Crippen LogP contribution in [0, 0.1) is 0 Å². The van der Waals surface area contributed by atoms with Crippen LogP contribution in [0.2, 0.25) is 0 Å². The minimum Gasteiger partial charge on any atom is -0.463 e. The molecule has 0 aromatic heterocycles. The summed E-state index contributed by atoms with van der Waals surface area (Å²) in [5.74, 6) is -0.311. The molecule has 0 aromatic carbocycles. The third-order valence-corrected chi connectivity index (χ3v) is 13.6. The highest BCUT2D eigenvalue weighted by molar-refractivity contribution is 5.69. The Morgan fingerprint density at radius 2 is 0.538 bits per heavy atom. The molecule has 0 aromatic rings. The molecule has 0 bridgehead atoms. The number of carbonyl (C=O) groups excluding carboxylic acids is 2. The molecule has 0 radical (unpaired) electrons. The summed E-state index contributed by atoms with van der Waals surface area (Å²) in [6.45, 7) is 7.80. The summed E-state index contributed by atoms with van der Waals surface area (Å²) in [4.78, 5) is 25.3. The van der Waals surface area contributed by atoms with Gasteiger partial charge in [0.25, 0.3) is 0 Å². The van der Waals surface area contributed by atoms with Crippen LogP contribution < -0.4 is 0 Å². The molecule has 0 spiro atoms. The van der Waals surface area contributed by atoms with Crippen LogP contribution in [-0.4, -0.2) is 37.9 Å². The molecule has 0 amide bonds. The Bertz CT molecular complexity index is 948. The van der Waals surface area contributed by atoms with E-state index in [1.807, 2.05) is 0 Å². The van der Waals surface area contributed by atoms with Gasteiger partial charge in [-0.2, -0.15) is 0 Å². The van der Waals surface area contributed by atoms with E-state index >= 15 is 0 Å². The van der Waals surface area contributed by atoms with Crippen molar-refractivity contribution in [2.24, 2.45) is 0 Å². The molecule has 0 aliphatic carbocycles. The maximum absolute atomic E-state index is 12.7. The molecule has 5 heteroatoms. The van der Waals surface area contributed by atoms with Gasteiger partial charge in [-0.1, -0.05) is 290 Å². The Morgan fingerprint density at radius 3 is 0.815 bits per heavy atom. The van der Waals surface area contributed by atoms with E-state index in [1.54, 1.807) is 0 Å². The van der Waals surface area contributed by atoms with Crippen LogP contribution >= 0.6 is 0 Å². The van der Waals surface area contributed by atoms with E-state index in [1.165, 1.54) is 263 Å². The minimum absolute atomic E-state index is 0.155. The molecule has 0 unspecified atom stereocenters. The summed E-state index contributed by atoms with van der Waals surface area (Å²) in [5, 5.41) is 0. The quantitative estimate of drug-likeness (QED) is 0.0346. The predicted octanol–water partition coefficient (Wildman–Crippen LogP) is 20.2. The molecule has 0 saturated heterocycles. The van der Waals surface area contributed by atoms with Crippen molar-refractivity contribution in [3.05, 3.63) is 12.2 Å². The first-order chi connectivity index (χ1) is 32.1. The van der Waals surface area contributed by atoms with Gasteiger partial charge >= 0.3 is 11.9 Å². The monoisotopic (exact) mass is 917 g/mol. The van der Waals surface area contributed by atoms with Crippen molar-refractivity contribution in [3.63, 3.8) is 0 Å². The van der Waals surface area contributed by atoms with Crippen molar-refractivity contribution in [2.45, 2.75) is 341 Å². The van der Waals surface area contributed by atoms with Gasteiger partial charge in [-0.05, 0) is 44.9 Å². The summed E-state index contributed by atoms with van der Waals surface area (Å²) in [6.07, 6.45) is 66.9. The fourth-order valence-electron chi connectivity index (χ4n) is 9.07. The summed E-state index contributed by atoms with van der Waals surface area (Å²) in [6, 6.07) is 0. The summed E-state index contributed by atoms with van der Waals surface area (Å²) < 4.78 is 17.5. The highest BCUT2D eigenvalue weighted by atomic mass is 16.6. The number of rotatable bonds is 56. The number of esters is 2. The normalized spacial score (nSPS) is 12.1. The van der Waals surface area contributed by atoms with Gasteiger partial charge in [-0.15, -0.1) is 0 Å². The molecule has 0 aliphatic rings. The van der Waals surface area contributed by atoms with Crippen LogP contribution in [-0.2, 0) is 23.8 Å². The number of unbranched alkanes of at least 4 members (excludes halogenated alkanes) is 43. The van der Waals surface area contributed by atoms with Gasteiger partial charge in [0.15, 0.2) is 0 Å². The lowest BCUT2D eigenvalue weighted by Gasteiger charge is -2.18. The molecule has 0 aliphatic heterocycles. The van der Waals surface area contributed by atoms with Gasteiger partial charge < -0.3 is 14.2 Å². The SMILES string of the molecule is CCCCCCCC/C=C\CCCCCCCCCCCCCC(=O)OC[C@H](COC(=O)CCCCCCCCCCCCCC)OCCCCCCCCCCCCCCCCCC. The molecule has 0 saturated carbocycles. The van der Waals surface area contributed by atoms with Gasteiger partial charge in [-0.25, -0.2) is 0 Å². The third-order valence-electron chi connectivity index (χ3n) is 13.6. The summed E-state index contributed by atoms with van der Waals surface area (Å²) in [5.41, 5.74) is 0. The minimum atomic E-state index is -0.391. The zero-order valence-electron chi connectivity index (χ0n) is 44.5. The Balaban J connectivity index is 4.14. The van der Waals surface area contributed by atoms with E-state index in [9.17, 15) is 9.59 Å². The highest BCUT2D eigenvalue weighted by Gasteiger charge is 2.16. The lowest BCUT2D eigenvalue weighted by atomic mass is 10.0. The van der Waals surface area contributed by atoms with E-state index in [4.69, 9.17) is 14.2 Å². The summed E-state index contributed by atoms with van der Waals surface area (Å²) >= 11 is 0. The zero-order chi connectivity index (χ0) is 47.0. The molecule has 386 valence electrons. The van der Waals surface area contributed by atoms with Crippen LogP contribution in [0.25, 0.3) is 0 Å². The first-order valence-corrected chi connectivity index (χ1v) is 29.7. The van der Waals surface area contributed by atoms with Gasteiger partial charge in [0.1, 0.15) is 19.3 Å². The van der Waals surface area contributed by atoms with Crippen LogP contribution in [0.3, 0.4) is 0 Å². The fraction of sp³-hybridized carbons (Fsp3) is 0.933. The second-order valence-corrected chi connectivity index (χ2v) is 20.3. The van der Waals surface area contributed by atoms with Crippen LogP contribution in [0.15, 0.2) is 12.2 Å². The number of ether oxygens (including phenoxy) is 3. The number of carbonyl (C=O) groups is 2. The predicted molar refractivity (Wildman–Crippen MR) is 284 cm³/mol. The third kappa shape index (κ3) is 55.1. The van der Waals surface area contributed by atoms with Gasteiger partial charge in [0, 0.05) is 19.4 Å². The van der Waals surface area contributed by atoms with Gasteiger partial charge in [0.2, 0.25) is 0 Å².